The molecule has 0 saturated heterocycles. The summed E-state index contributed by atoms with van der Waals surface area (Å²) < 4.78 is 42.7. The van der Waals surface area contributed by atoms with Crippen molar-refractivity contribution in [1.29, 1.82) is 0 Å². The number of hydrogen-bond acceptors (Lipinski definition) is 3. The maximum atomic E-state index is 8.83. The first kappa shape index (κ1) is 27.0. The van der Waals surface area contributed by atoms with Crippen molar-refractivity contribution in [3.63, 3.8) is 0 Å². The molecule has 8 aromatic carbocycles. The second-order valence-electron chi connectivity index (χ2n) is 13.3. The Morgan fingerprint density at radius 3 is 1.40 bits per heavy atom. The van der Waals surface area contributed by atoms with Gasteiger partial charge in [0.25, 0.3) is 0 Å². The lowest BCUT2D eigenvalue weighted by molar-refractivity contribution is 1.08. The summed E-state index contributed by atoms with van der Waals surface area (Å²) in [5.41, 5.74) is 11.9. The molecule has 0 aliphatic heterocycles. The van der Waals surface area contributed by atoms with Gasteiger partial charge in [-0.25, -0.2) is 15.0 Å². The van der Waals surface area contributed by atoms with Crippen LogP contribution in [0.2, 0.25) is 0 Å². The molecular formula is C50H37N3. The molecule has 0 N–H and O–H groups in total. The smallest absolute Gasteiger partial charge is 0.164 e. The molecular weight excluding hydrogens is 643 g/mol. The number of benzene rings is 8. The number of rotatable bonds is 6. The van der Waals surface area contributed by atoms with Crippen LogP contribution in [0.4, 0.5) is 0 Å². The predicted octanol–water partition coefficient (Wildman–Crippen LogP) is 13.1. The van der Waals surface area contributed by atoms with Crippen LogP contribution in [-0.2, 0) is 0 Å². The van der Waals surface area contributed by atoms with Gasteiger partial charge in [0, 0.05) is 16.7 Å². The van der Waals surface area contributed by atoms with Gasteiger partial charge in [0.1, 0.15) is 0 Å². The van der Waals surface area contributed by atoms with Gasteiger partial charge in [-0.1, -0.05) is 164 Å². The van der Waals surface area contributed by atoms with Crippen LogP contribution in [0.15, 0.2) is 170 Å². The van der Waals surface area contributed by atoms with E-state index in [1.807, 2.05) is 66.7 Å². The van der Waals surface area contributed by atoms with Crippen molar-refractivity contribution in [2.24, 2.45) is 0 Å². The zero-order valence-electron chi connectivity index (χ0n) is 34.6. The standard InChI is InChI=1S/C50H37N3/c1-32-45(35-17-7-4-8-18-35)33(2)47(34(3)46(32)36-19-9-5-10-20-36)37-27-29-39(30-28-37)49-51-48(38-21-11-6-12-22-38)52-50(53-49)44-31-40-23-13-14-24-41(40)42-25-15-16-26-43(42)44/h4-31H,1-3H3/i6D,11D,12D,21D,22D. The highest BCUT2D eigenvalue weighted by atomic mass is 15.0. The van der Waals surface area contributed by atoms with E-state index < -0.39 is 18.1 Å². The maximum Gasteiger partial charge on any atom is 0.164 e. The van der Waals surface area contributed by atoms with Gasteiger partial charge in [0.05, 0.1) is 6.85 Å². The Balaban J connectivity index is 1.26. The second-order valence-corrected chi connectivity index (χ2v) is 13.3. The average molecular weight is 685 g/mol. The molecule has 1 aromatic heterocycles. The number of aromatic nitrogens is 3. The molecule has 1 heterocycles. The maximum absolute atomic E-state index is 8.83. The Morgan fingerprint density at radius 2 is 0.811 bits per heavy atom. The van der Waals surface area contributed by atoms with Gasteiger partial charge in [0.15, 0.2) is 17.5 Å². The van der Waals surface area contributed by atoms with Crippen LogP contribution < -0.4 is 0 Å². The third kappa shape index (κ3) is 5.77. The Morgan fingerprint density at radius 1 is 0.377 bits per heavy atom. The van der Waals surface area contributed by atoms with Crippen LogP contribution in [0, 0.1) is 20.8 Å². The van der Waals surface area contributed by atoms with Crippen molar-refractivity contribution in [1.82, 2.24) is 15.0 Å². The summed E-state index contributed by atoms with van der Waals surface area (Å²) in [7, 11) is 0. The zero-order valence-corrected chi connectivity index (χ0v) is 29.6. The Bertz CT molecular complexity index is 2980. The summed E-state index contributed by atoms with van der Waals surface area (Å²) in [5, 5.41) is 4.04. The molecule has 0 spiro atoms. The van der Waals surface area contributed by atoms with Crippen LogP contribution in [0.25, 0.3) is 89.1 Å². The zero-order chi connectivity index (χ0) is 40.2. The Kier molecular flexibility index (Phi) is 6.85. The van der Waals surface area contributed by atoms with Crippen molar-refractivity contribution in [3.05, 3.63) is 186 Å². The minimum atomic E-state index is -0.475. The van der Waals surface area contributed by atoms with E-state index in [1.54, 1.807) is 0 Å². The highest BCUT2D eigenvalue weighted by Gasteiger charge is 2.21. The highest BCUT2D eigenvalue weighted by Crippen LogP contribution is 2.44. The monoisotopic (exact) mass is 684 g/mol. The Labute approximate surface area is 317 Å². The minimum absolute atomic E-state index is 0.00328. The van der Waals surface area contributed by atoms with Gasteiger partial charge < -0.3 is 0 Å². The van der Waals surface area contributed by atoms with Gasteiger partial charge in [-0.3, -0.25) is 0 Å². The van der Waals surface area contributed by atoms with Crippen molar-refractivity contribution in [2.75, 3.05) is 0 Å². The second kappa shape index (κ2) is 13.4. The van der Waals surface area contributed by atoms with E-state index in [1.165, 1.54) is 27.8 Å². The van der Waals surface area contributed by atoms with Crippen LogP contribution >= 0.6 is 0 Å². The van der Waals surface area contributed by atoms with Gasteiger partial charge in [-0.05, 0) is 98.5 Å². The summed E-state index contributed by atoms with van der Waals surface area (Å²) >= 11 is 0. The van der Waals surface area contributed by atoms with E-state index >= 15 is 0 Å². The van der Waals surface area contributed by atoms with E-state index in [9.17, 15) is 0 Å². The number of hydrogen-bond donors (Lipinski definition) is 0. The topological polar surface area (TPSA) is 38.7 Å². The molecule has 252 valence electrons. The molecule has 53 heavy (non-hydrogen) atoms. The lowest BCUT2D eigenvalue weighted by Crippen LogP contribution is -2.01. The first-order chi connectivity index (χ1) is 28.1. The molecule has 9 aromatic rings. The van der Waals surface area contributed by atoms with Crippen LogP contribution in [0.3, 0.4) is 0 Å². The third-order valence-corrected chi connectivity index (χ3v) is 10.2. The fourth-order valence-electron chi connectivity index (χ4n) is 7.85. The number of fused-ring (bicyclic) bond motifs is 3. The molecule has 0 unspecified atom stereocenters. The summed E-state index contributed by atoms with van der Waals surface area (Å²) in [6, 6.07) is 45.3. The highest BCUT2D eigenvalue weighted by molar-refractivity contribution is 6.13. The van der Waals surface area contributed by atoms with E-state index in [0.29, 0.717) is 17.2 Å². The van der Waals surface area contributed by atoms with Gasteiger partial charge in [0.2, 0.25) is 0 Å². The van der Waals surface area contributed by atoms with Crippen LogP contribution in [-0.4, -0.2) is 15.0 Å². The van der Waals surface area contributed by atoms with Crippen molar-refractivity contribution >= 4 is 21.5 Å². The van der Waals surface area contributed by atoms with Crippen LogP contribution in [0.5, 0.6) is 0 Å². The predicted molar refractivity (Wildman–Crippen MR) is 222 cm³/mol. The molecule has 0 radical (unpaired) electrons. The van der Waals surface area contributed by atoms with E-state index in [-0.39, 0.29) is 23.5 Å². The van der Waals surface area contributed by atoms with Crippen molar-refractivity contribution in [3.8, 4) is 67.5 Å². The summed E-state index contributed by atoms with van der Waals surface area (Å²) in [6.45, 7) is 6.60. The quantitative estimate of drug-likeness (QED) is 0.164. The molecule has 0 aliphatic rings. The number of nitrogens with zero attached hydrogens (tertiary/aromatic N) is 3. The summed E-state index contributed by atoms with van der Waals surface area (Å²) in [4.78, 5) is 14.8. The molecule has 0 amide bonds. The van der Waals surface area contributed by atoms with E-state index in [4.69, 9.17) is 21.8 Å². The average Bonchev–Trinajstić information content (AvgIpc) is 3.25. The molecule has 0 saturated carbocycles. The van der Waals surface area contributed by atoms with Crippen LogP contribution in [0.1, 0.15) is 23.5 Å². The molecule has 0 aliphatic carbocycles. The van der Waals surface area contributed by atoms with Gasteiger partial charge in [-0.2, -0.15) is 0 Å². The molecule has 9 rings (SSSR count). The molecule has 0 atom stereocenters. The summed E-state index contributed by atoms with van der Waals surface area (Å²) in [6.07, 6.45) is 0. The molecule has 3 heteroatoms. The third-order valence-electron chi connectivity index (χ3n) is 10.2. The van der Waals surface area contributed by atoms with Gasteiger partial charge >= 0.3 is 0 Å². The minimum Gasteiger partial charge on any atom is -0.208 e. The fraction of sp³-hybridized carbons (Fsp3) is 0.0600. The molecule has 0 bridgehead atoms. The molecule has 0 fully saturated rings. The fourth-order valence-corrected chi connectivity index (χ4v) is 7.85. The van der Waals surface area contributed by atoms with Crippen molar-refractivity contribution in [2.45, 2.75) is 20.8 Å². The molecule has 3 nitrogen and oxygen atoms in total. The van der Waals surface area contributed by atoms with Crippen molar-refractivity contribution < 1.29 is 6.85 Å². The Hall–Kier alpha value is -6.71. The van der Waals surface area contributed by atoms with E-state index in [0.717, 1.165) is 49.4 Å². The lowest BCUT2D eigenvalue weighted by atomic mass is 9.81. The lowest BCUT2D eigenvalue weighted by Gasteiger charge is -2.23. The first-order valence-corrected chi connectivity index (χ1v) is 17.7. The SMILES string of the molecule is [2H]c1c([2H])c([2H])c(-c2nc(-c3ccc(-c4c(C)c(-c5ccccc5)c(C)c(-c5ccccc5)c4C)cc3)nc(-c3cc4ccccc4c4ccccc34)n2)c([2H])c1[2H]. The first-order valence-electron chi connectivity index (χ1n) is 20.2. The largest absolute Gasteiger partial charge is 0.208 e. The summed E-state index contributed by atoms with van der Waals surface area (Å²) in [5.74, 6) is 0.662. The van der Waals surface area contributed by atoms with E-state index in [2.05, 4.69) is 93.6 Å². The van der Waals surface area contributed by atoms with Gasteiger partial charge in [-0.15, -0.1) is 0 Å². The normalized spacial score (nSPS) is 12.6.